The molecule has 1 N–H and O–H groups in total. The van der Waals surface area contributed by atoms with Crippen LogP contribution >= 0.6 is 0 Å². The van der Waals surface area contributed by atoms with Crippen molar-refractivity contribution < 1.29 is 27.8 Å². The lowest BCUT2D eigenvalue weighted by atomic mass is 10.1. The number of carbonyl (C=O) groups is 1. The van der Waals surface area contributed by atoms with Crippen molar-refractivity contribution in [1.29, 1.82) is 0 Å². The van der Waals surface area contributed by atoms with Gasteiger partial charge >= 0.3 is 6.61 Å². The van der Waals surface area contributed by atoms with Crippen molar-refractivity contribution in [2.45, 2.75) is 13.2 Å². The van der Waals surface area contributed by atoms with Gasteiger partial charge in [0.1, 0.15) is 5.75 Å². The molecule has 0 atom stereocenters. The van der Waals surface area contributed by atoms with E-state index in [4.69, 9.17) is 9.47 Å². The predicted molar refractivity (Wildman–Crippen MR) is 76.8 cm³/mol. The molecule has 2 aromatic carbocycles. The monoisotopic (exact) mass is 321 g/mol. The molecule has 7 heteroatoms. The summed E-state index contributed by atoms with van der Waals surface area (Å²) in [5.41, 5.74) is 0.850. The van der Waals surface area contributed by atoms with Gasteiger partial charge in [0.2, 0.25) is 6.79 Å². The van der Waals surface area contributed by atoms with E-state index < -0.39 is 12.5 Å². The van der Waals surface area contributed by atoms with Crippen LogP contribution in [0.15, 0.2) is 42.5 Å². The third-order valence-corrected chi connectivity index (χ3v) is 3.24. The smallest absolute Gasteiger partial charge is 0.387 e. The van der Waals surface area contributed by atoms with Gasteiger partial charge < -0.3 is 19.5 Å². The summed E-state index contributed by atoms with van der Waals surface area (Å²) in [5.74, 6) is 0.596. The first-order valence-electron chi connectivity index (χ1n) is 6.84. The summed E-state index contributed by atoms with van der Waals surface area (Å²) in [6.07, 6.45) is 0. The number of hydrogen-bond acceptors (Lipinski definition) is 4. The second-order valence-corrected chi connectivity index (χ2v) is 4.74. The van der Waals surface area contributed by atoms with E-state index in [1.807, 2.05) is 0 Å². The average molecular weight is 321 g/mol. The highest BCUT2D eigenvalue weighted by molar-refractivity contribution is 5.96. The van der Waals surface area contributed by atoms with Crippen LogP contribution in [0.25, 0.3) is 0 Å². The highest BCUT2D eigenvalue weighted by Crippen LogP contribution is 2.32. The lowest BCUT2D eigenvalue weighted by Gasteiger charge is -2.11. The zero-order valence-corrected chi connectivity index (χ0v) is 11.9. The molecule has 1 aliphatic heterocycles. The quantitative estimate of drug-likeness (QED) is 0.920. The zero-order chi connectivity index (χ0) is 16.2. The normalized spacial score (nSPS) is 12.3. The number of para-hydroxylation sites is 1. The molecule has 0 saturated heterocycles. The van der Waals surface area contributed by atoms with Gasteiger partial charge in [-0.15, -0.1) is 0 Å². The van der Waals surface area contributed by atoms with Crippen LogP contribution in [0, 0.1) is 0 Å². The van der Waals surface area contributed by atoms with E-state index in [1.54, 1.807) is 24.3 Å². The molecule has 0 radical (unpaired) electrons. The number of halogens is 2. The number of amides is 1. The van der Waals surface area contributed by atoms with Gasteiger partial charge in [0.05, 0.1) is 5.56 Å². The van der Waals surface area contributed by atoms with Crippen LogP contribution in [0.1, 0.15) is 15.9 Å². The first kappa shape index (κ1) is 15.1. The second kappa shape index (κ2) is 6.51. The largest absolute Gasteiger partial charge is 0.454 e. The van der Waals surface area contributed by atoms with Gasteiger partial charge in [0.15, 0.2) is 11.5 Å². The lowest BCUT2D eigenvalue weighted by molar-refractivity contribution is -0.0501. The van der Waals surface area contributed by atoms with Crippen LogP contribution in [0.5, 0.6) is 17.2 Å². The Hall–Kier alpha value is -2.83. The Morgan fingerprint density at radius 1 is 1.17 bits per heavy atom. The first-order chi connectivity index (χ1) is 11.1. The molecular formula is C16H13F2NO4. The van der Waals surface area contributed by atoms with Gasteiger partial charge in [-0.2, -0.15) is 8.78 Å². The number of nitrogens with one attached hydrogen (secondary N) is 1. The molecule has 0 aliphatic carbocycles. The van der Waals surface area contributed by atoms with Crippen LogP contribution < -0.4 is 19.5 Å². The van der Waals surface area contributed by atoms with Gasteiger partial charge in [0, 0.05) is 6.54 Å². The second-order valence-electron chi connectivity index (χ2n) is 4.74. The standard InChI is InChI=1S/C16H13F2NO4/c17-16(18)23-12-4-2-1-3-11(12)15(20)19-8-10-5-6-13-14(7-10)22-9-21-13/h1-7,16H,8-9H2,(H,19,20). The van der Waals surface area contributed by atoms with Crippen molar-refractivity contribution in [2.24, 2.45) is 0 Å². The molecule has 1 heterocycles. The summed E-state index contributed by atoms with van der Waals surface area (Å²) in [5, 5.41) is 2.66. The SMILES string of the molecule is O=C(NCc1ccc2c(c1)OCO2)c1ccccc1OC(F)F. The van der Waals surface area contributed by atoms with Crippen LogP contribution in [0.2, 0.25) is 0 Å². The zero-order valence-electron chi connectivity index (χ0n) is 11.9. The molecule has 1 amide bonds. The van der Waals surface area contributed by atoms with Crippen molar-refractivity contribution in [2.75, 3.05) is 6.79 Å². The first-order valence-corrected chi connectivity index (χ1v) is 6.84. The maximum atomic E-state index is 12.4. The maximum Gasteiger partial charge on any atom is 0.387 e. The molecule has 0 bridgehead atoms. The van der Waals surface area contributed by atoms with E-state index in [2.05, 4.69) is 10.1 Å². The molecule has 1 aliphatic rings. The number of hydrogen-bond donors (Lipinski definition) is 1. The summed E-state index contributed by atoms with van der Waals surface area (Å²) < 4.78 is 39.5. The molecule has 0 spiro atoms. The van der Waals surface area contributed by atoms with Crippen molar-refractivity contribution in [3.63, 3.8) is 0 Å². The highest BCUT2D eigenvalue weighted by Gasteiger charge is 2.16. The van der Waals surface area contributed by atoms with Gasteiger partial charge in [0.25, 0.3) is 5.91 Å². The van der Waals surface area contributed by atoms with Crippen molar-refractivity contribution >= 4 is 5.91 Å². The van der Waals surface area contributed by atoms with E-state index in [-0.39, 0.29) is 24.7 Å². The summed E-state index contributed by atoms with van der Waals surface area (Å²) in [6, 6.07) is 11.1. The number of rotatable bonds is 5. The molecule has 0 fully saturated rings. The number of benzene rings is 2. The van der Waals surface area contributed by atoms with Gasteiger partial charge in [-0.1, -0.05) is 18.2 Å². The van der Waals surface area contributed by atoms with E-state index in [1.165, 1.54) is 18.2 Å². The molecule has 0 aromatic heterocycles. The van der Waals surface area contributed by atoms with Crippen molar-refractivity contribution in [1.82, 2.24) is 5.32 Å². The Bertz CT molecular complexity index is 721. The Morgan fingerprint density at radius 2 is 1.96 bits per heavy atom. The van der Waals surface area contributed by atoms with E-state index in [0.717, 1.165) is 5.56 Å². The lowest BCUT2D eigenvalue weighted by Crippen LogP contribution is -2.23. The van der Waals surface area contributed by atoms with Gasteiger partial charge in [-0.05, 0) is 29.8 Å². The maximum absolute atomic E-state index is 12.4. The third kappa shape index (κ3) is 3.50. The van der Waals surface area contributed by atoms with Crippen LogP contribution in [0.3, 0.4) is 0 Å². The predicted octanol–water partition coefficient (Wildman–Crippen LogP) is 2.95. The topological polar surface area (TPSA) is 56.8 Å². The van der Waals surface area contributed by atoms with Crippen molar-refractivity contribution in [3.8, 4) is 17.2 Å². The van der Waals surface area contributed by atoms with Gasteiger partial charge in [-0.3, -0.25) is 4.79 Å². The highest BCUT2D eigenvalue weighted by atomic mass is 19.3. The van der Waals surface area contributed by atoms with E-state index >= 15 is 0 Å². The summed E-state index contributed by atoms with van der Waals surface area (Å²) in [7, 11) is 0. The minimum Gasteiger partial charge on any atom is -0.454 e. The Labute approximate surface area is 130 Å². The van der Waals surface area contributed by atoms with Crippen LogP contribution in [-0.2, 0) is 6.54 Å². The number of fused-ring (bicyclic) bond motifs is 1. The molecule has 2 aromatic rings. The molecular weight excluding hydrogens is 308 g/mol. The Morgan fingerprint density at radius 3 is 2.78 bits per heavy atom. The summed E-state index contributed by atoms with van der Waals surface area (Å²) in [6.45, 7) is -2.60. The molecule has 120 valence electrons. The Balaban J connectivity index is 1.68. The molecule has 5 nitrogen and oxygen atoms in total. The Kier molecular flexibility index (Phi) is 4.27. The molecule has 0 saturated carbocycles. The van der Waals surface area contributed by atoms with Gasteiger partial charge in [-0.25, -0.2) is 0 Å². The summed E-state index contributed by atoms with van der Waals surface area (Å²) >= 11 is 0. The van der Waals surface area contributed by atoms with Crippen LogP contribution in [0.4, 0.5) is 8.78 Å². The van der Waals surface area contributed by atoms with Crippen molar-refractivity contribution in [3.05, 3.63) is 53.6 Å². The minimum atomic E-state index is -2.99. The van der Waals surface area contributed by atoms with Crippen LogP contribution in [-0.4, -0.2) is 19.3 Å². The number of ether oxygens (including phenoxy) is 3. The molecule has 3 rings (SSSR count). The number of alkyl halides is 2. The summed E-state index contributed by atoms with van der Waals surface area (Å²) in [4.78, 5) is 12.2. The number of carbonyl (C=O) groups excluding carboxylic acids is 1. The fourth-order valence-corrected chi connectivity index (χ4v) is 2.18. The minimum absolute atomic E-state index is 0.0496. The molecule has 0 unspecified atom stereocenters. The van der Waals surface area contributed by atoms with E-state index in [0.29, 0.717) is 11.5 Å². The third-order valence-electron chi connectivity index (χ3n) is 3.24. The molecule has 23 heavy (non-hydrogen) atoms. The van der Waals surface area contributed by atoms with E-state index in [9.17, 15) is 13.6 Å². The average Bonchev–Trinajstić information content (AvgIpc) is 3.00. The fourth-order valence-electron chi connectivity index (χ4n) is 2.18. The fraction of sp³-hybridized carbons (Fsp3) is 0.188.